The first-order valence-corrected chi connectivity index (χ1v) is 7.14. The number of halogens is 2. The van der Waals surface area contributed by atoms with Crippen LogP contribution in [0.3, 0.4) is 0 Å². The summed E-state index contributed by atoms with van der Waals surface area (Å²) in [5, 5.41) is 0. The Labute approximate surface area is 118 Å². The molecule has 17 heavy (non-hydrogen) atoms. The molecule has 0 unspecified atom stereocenters. The molecule has 0 aliphatic carbocycles. The van der Waals surface area contributed by atoms with Gasteiger partial charge in [-0.05, 0) is 19.4 Å². The van der Waals surface area contributed by atoms with Crippen LogP contribution in [-0.2, 0) is 0 Å². The van der Waals surface area contributed by atoms with E-state index >= 15 is 0 Å². The van der Waals surface area contributed by atoms with E-state index in [0.717, 1.165) is 12.0 Å². The highest BCUT2D eigenvalue weighted by atomic mass is 79.9. The standard InChI is InChI=1S/C13H14Br2O2/c1-3-4-9(2)5-6-11-7-10(16)8-12(17-11)13(14)15/h4-8,13H,3H2,1-2H3. The summed E-state index contributed by atoms with van der Waals surface area (Å²) in [6.07, 6.45) is 6.83. The lowest BCUT2D eigenvalue weighted by molar-refractivity contribution is 0.502. The predicted molar refractivity (Wildman–Crippen MR) is 78.7 cm³/mol. The number of alkyl halides is 2. The molecule has 0 saturated heterocycles. The second-order valence-corrected chi connectivity index (χ2v) is 6.65. The van der Waals surface area contributed by atoms with E-state index in [2.05, 4.69) is 44.9 Å². The summed E-state index contributed by atoms with van der Waals surface area (Å²) < 4.78 is 5.39. The monoisotopic (exact) mass is 360 g/mol. The molecule has 0 aliphatic rings. The maximum atomic E-state index is 11.4. The van der Waals surface area contributed by atoms with Gasteiger partial charge in [-0.15, -0.1) is 0 Å². The molecule has 4 heteroatoms. The van der Waals surface area contributed by atoms with Crippen LogP contribution in [0.4, 0.5) is 0 Å². The Morgan fingerprint density at radius 1 is 1.47 bits per heavy atom. The van der Waals surface area contributed by atoms with E-state index in [4.69, 9.17) is 4.42 Å². The van der Waals surface area contributed by atoms with Crippen LogP contribution in [0.15, 0.2) is 39.1 Å². The molecular formula is C13H14Br2O2. The molecule has 92 valence electrons. The Hall–Kier alpha value is -0.610. The topological polar surface area (TPSA) is 30.2 Å². The molecule has 0 saturated carbocycles. The van der Waals surface area contributed by atoms with E-state index in [-0.39, 0.29) is 9.17 Å². The molecule has 1 rings (SSSR count). The molecule has 2 nitrogen and oxygen atoms in total. The van der Waals surface area contributed by atoms with Crippen molar-refractivity contribution in [3.05, 3.63) is 51.6 Å². The molecular weight excluding hydrogens is 348 g/mol. The highest BCUT2D eigenvalue weighted by Crippen LogP contribution is 2.28. The van der Waals surface area contributed by atoms with Crippen LogP contribution < -0.4 is 5.43 Å². The summed E-state index contributed by atoms with van der Waals surface area (Å²) in [5.74, 6) is 1.12. The van der Waals surface area contributed by atoms with Crippen molar-refractivity contribution in [2.45, 2.75) is 24.0 Å². The maximum absolute atomic E-state index is 11.4. The predicted octanol–water partition coefficient (Wildman–Crippen LogP) is 4.80. The number of allylic oxidation sites excluding steroid dienone is 3. The second kappa shape index (κ2) is 6.97. The molecule has 0 N–H and O–H groups in total. The molecule has 0 spiro atoms. The van der Waals surface area contributed by atoms with Crippen molar-refractivity contribution in [2.24, 2.45) is 0 Å². The van der Waals surface area contributed by atoms with E-state index in [1.54, 1.807) is 6.08 Å². The van der Waals surface area contributed by atoms with Gasteiger partial charge in [0, 0.05) is 12.1 Å². The molecule has 0 aromatic carbocycles. The van der Waals surface area contributed by atoms with Gasteiger partial charge in [0.25, 0.3) is 0 Å². The van der Waals surface area contributed by atoms with E-state index in [1.165, 1.54) is 12.1 Å². The maximum Gasteiger partial charge on any atom is 0.185 e. The summed E-state index contributed by atoms with van der Waals surface area (Å²) in [4.78, 5) is 11.4. The van der Waals surface area contributed by atoms with Gasteiger partial charge in [0.1, 0.15) is 15.3 Å². The highest BCUT2D eigenvalue weighted by molar-refractivity contribution is 9.24. The Balaban J connectivity index is 2.99. The lowest BCUT2D eigenvalue weighted by Gasteiger charge is -2.01. The van der Waals surface area contributed by atoms with Gasteiger partial charge in [0.15, 0.2) is 5.43 Å². The van der Waals surface area contributed by atoms with Crippen LogP contribution in [0.1, 0.15) is 35.5 Å². The van der Waals surface area contributed by atoms with Crippen molar-refractivity contribution in [1.82, 2.24) is 0 Å². The molecule has 0 radical (unpaired) electrons. The molecule has 0 bridgehead atoms. The summed E-state index contributed by atoms with van der Waals surface area (Å²) in [6, 6.07) is 2.93. The van der Waals surface area contributed by atoms with Gasteiger partial charge in [-0.2, -0.15) is 0 Å². The first kappa shape index (κ1) is 14.5. The molecule has 1 aromatic heterocycles. The molecule has 1 aromatic rings. The zero-order valence-corrected chi connectivity index (χ0v) is 12.9. The fourth-order valence-electron chi connectivity index (χ4n) is 1.31. The Morgan fingerprint density at radius 2 is 2.18 bits per heavy atom. The average Bonchev–Trinajstić information content (AvgIpc) is 2.26. The minimum absolute atomic E-state index is 0.0630. The third-order valence-corrected chi connectivity index (χ3v) is 2.96. The fraction of sp³-hybridized carbons (Fsp3) is 0.308. The van der Waals surface area contributed by atoms with Crippen molar-refractivity contribution < 1.29 is 4.42 Å². The Morgan fingerprint density at radius 3 is 2.76 bits per heavy atom. The van der Waals surface area contributed by atoms with Crippen molar-refractivity contribution >= 4 is 37.9 Å². The summed E-state index contributed by atoms with van der Waals surface area (Å²) in [7, 11) is 0. The van der Waals surface area contributed by atoms with Gasteiger partial charge in [-0.3, -0.25) is 4.79 Å². The molecule has 0 amide bonds. The van der Waals surface area contributed by atoms with Crippen LogP contribution in [0.5, 0.6) is 0 Å². The smallest absolute Gasteiger partial charge is 0.185 e. The number of hydrogen-bond acceptors (Lipinski definition) is 2. The highest BCUT2D eigenvalue weighted by Gasteiger charge is 2.07. The summed E-state index contributed by atoms with van der Waals surface area (Å²) >= 11 is 6.61. The molecule has 0 atom stereocenters. The number of rotatable bonds is 4. The van der Waals surface area contributed by atoms with Gasteiger partial charge in [0.05, 0.1) is 0 Å². The normalized spacial score (nSPS) is 12.6. The van der Waals surface area contributed by atoms with Gasteiger partial charge >= 0.3 is 0 Å². The van der Waals surface area contributed by atoms with E-state index in [0.29, 0.717) is 11.5 Å². The first-order valence-electron chi connectivity index (χ1n) is 5.31. The lowest BCUT2D eigenvalue weighted by atomic mass is 10.2. The zero-order chi connectivity index (χ0) is 12.8. The quantitative estimate of drug-likeness (QED) is 0.569. The van der Waals surface area contributed by atoms with Crippen LogP contribution in [-0.4, -0.2) is 0 Å². The van der Waals surface area contributed by atoms with E-state index < -0.39 is 0 Å². The van der Waals surface area contributed by atoms with Gasteiger partial charge in [-0.25, -0.2) is 0 Å². The van der Waals surface area contributed by atoms with Crippen LogP contribution in [0, 0.1) is 0 Å². The minimum Gasteiger partial charge on any atom is -0.459 e. The number of hydrogen-bond donors (Lipinski definition) is 0. The fourth-order valence-corrected chi connectivity index (χ4v) is 1.76. The Kier molecular flexibility index (Phi) is 5.92. The van der Waals surface area contributed by atoms with Crippen molar-refractivity contribution in [2.75, 3.05) is 0 Å². The summed E-state index contributed by atoms with van der Waals surface area (Å²) in [6.45, 7) is 4.10. The van der Waals surface area contributed by atoms with Gasteiger partial charge in [-0.1, -0.05) is 56.5 Å². The van der Waals surface area contributed by atoms with Crippen molar-refractivity contribution in [3.63, 3.8) is 0 Å². The van der Waals surface area contributed by atoms with Crippen molar-refractivity contribution in [3.8, 4) is 0 Å². The van der Waals surface area contributed by atoms with Crippen LogP contribution >= 0.6 is 31.9 Å². The van der Waals surface area contributed by atoms with E-state index in [1.807, 2.05) is 13.0 Å². The zero-order valence-electron chi connectivity index (χ0n) is 9.74. The van der Waals surface area contributed by atoms with Gasteiger partial charge in [0.2, 0.25) is 0 Å². The Bertz CT molecular complexity index is 484. The van der Waals surface area contributed by atoms with Crippen LogP contribution in [0.2, 0.25) is 0 Å². The third-order valence-electron chi connectivity index (χ3n) is 2.06. The lowest BCUT2D eigenvalue weighted by Crippen LogP contribution is -2.00. The van der Waals surface area contributed by atoms with E-state index in [9.17, 15) is 4.79 Å². The summed E-state index contributed by atoms with van der Waals surface area (Å²) in [5.41, 5.74) is 1.08. The second-order valence-electron chi connectivity index (χ2n) is 3.59. The molecule has 1 heterocycles. The minimum atomic E-state index is -0.150. The van der Waals surface area contributed by atoms with Crippen LogP contribution in [0.25, 0.3) is 6.08 Å². The largest absolute Gasteiger partial charge is 0.459 e. The van der Waals surface area contributed by atoms with Crippen molar-refractivity contribution in [1.29, 1.82) is 0 Å². The average molecular weight is 362 g/mol. The SMILES string of the molecule is CCC=C(C)C=Cc1cc(=O)cc(C(Br)Br)o1. The third kappa shape index (κ3) is 5.04. The molecule has 0 fully saturated rings. The molecule has 0 aliphatic heterocycles. The first-order chi connectivity index (χ1) is 8.02. The van der Waals surface area contributed by atoms with Gasteiger partial charge < -0.3 is 4.42 Å².